The molecule has 1 aliphatic rings. The molecule has 0 saturated heterocycles. The van der Waals surface area contributed by atoms with Crippen molar-refractivity contribution < 1.29 is 0 Å². The van der Waals surface area contributed by atoms with E-state index in [4.69, 9.17) is 0 Å². The minimum absolute atomic E-state index is 0.477. The van der Waals surface area contributed by atoms with Crippen molar-refractivity contribution in [2.75, 3.05) is 5.32 Å². The van der Waals surface area contributed by atoms with E-state index in [-0.39, 0.29) is 0 Å². The van der Waals surface area contributed by atoms with E-state index >= 15 is 0 Å². The van der Waals surface area contributed by atoms with Crippen LogP contribution >= 0.6 is 0 Å². The molecule has 76 valence electrons. The van der Waals surface area contributed by atoms with Gasteiger partial charge in [-0.25, -0.2) is 0 Å². The van der Waals surface area contributed by atoms with Crippen molar-refractivity contribution in [3.63, 3.8) is 0 Å². The zero-order chi connectivity index (χ0) is 10.2. The third kappa shape index (κ3) is 1.77. The third-order valence-corrected chi connectivity index (χ3v) is 3.41. The van der Waals surface area contributed by atoms with Crippen molar-refractivity contribution in [1.82, 2.24) is 0 Å². The summed E-state index contributed by atoms with van der Waals surface area (Å²) in [4.78, 5) is 0. The Morgan fingerprint density at radius 1 is 1.21 bits per heavy atom. The predicted molar refractivity (Wildman–Crippen MR) is 61.6 cm³/mol. The summed E-state index contributed by atoms with van der Waals surface area (Å²) >= 11 is 0. The molecule has 2 rings (SSSR count). The van der Waals surface area contributed by atoms with Gasteiger partial charge < -0.3 is 5.32 Å². The first kappa shape index (κ1) is 9.57. The van der Waals surface area contributed by atoms with Crippen molar-refractivity contribution in [1.29, 1.82) is 0 Å². The van der Waals surface area contributed by atoms with Crippen molar-refractivity contribution >= 4 is 5.69 Å². The zero-order valence-electron chi connectivity index (χ0n) is 9.30. The van der Waals surface area contributed by atoms with E-state index in [0.717, 1.165) is 0 Å². The molecule has 0 aliphatic heterocycles. The van der Waals surface area contributed by atoms with E-state index in [2.05, 4.69) is 50.4 Å². The first-order chi connectivity index (χ1) is 6.58. The van der Waals surface area contributed by atoms with Gasteiger partial charge in [0.1, 0.15) is 0 Å². The Labute approximate surface area is 86.5 Å². The third-order valence-electron chi connectivity index (χ3n) is 3.41. The van der Waals surface area contributed by atoms with E-state index in [1.165, 1.54) is 24.1 Å². The minimum atomic E-state index is 0.477. The summed E-state index contributed by atoms with van der Waals surface area (Å²) in [6, 6.07) is 9.32. The van der Waals surface area contributed by atoms with Crippen LogP contribution in [-0.2, 0) is 0 Å². The lowest BCUT2D eigenvalue weighted by Gasteiger charge is -2.45. The second kappa shape index (κ2) is 3.30. The van der Waals surface area contributed by atoms with Crippen LogP contribution in [0.3, 0.4) is 0 Å². The molecule has 1 fully saturated rings. The summed E-state index contributed by atoms with van der Waals surface area (Å²) in [6.07, 6.45) is 2.65. The molecule has 0 radical (unpaired) electrons. The number of nitrogens with one attached hydrogen (secondary N) is 1. The molecular formula is C13H19N. The van der Waals surface area contributed by atoms with Crippen LogP contribution in [0, 0.1) is 12.3 Å². The molecule has 1 N–H and O–H groups in total. The van der Waals surface area contributed by atoms with Crippen LogP contribution in [0.5, 0.6) is 0 Å². The molecule has 1 unspecified atom stereocenters. The highest BCUT2D eigenvalue weighted by Gasteiger charge is 2.38. The molecule has 0 heterocycles. The Bertz CT molecular complexity index is 311. The van der Waals surface area contributed by atoms with E-state index in [1.54, 1.807) is 0 Å². The molecule has 14 heavy (non-hydrogen) atoms. The lowest BCUT2D eigenvalue weighted by Crippen LogP contribution is -2.45. The summed E-state index contributed by atoms with van der Waals surface area (Å²) in [5, 5.41) is 3.60. The highest BCUT2D eigenvalue weighted by atomic mass is 15.0. The van der Waals surface area contributed by atoms with Gasteiger partial charge in [0.15, 0.2) is 0 Å². The second-order valence-corrected chi connectivity index (χ2v) is 5.09. The molecule has 0 amide bonds. The van der Waals surface area contributed by atoms with E-state index in [1.807, 2.05) is 0 Å². The Morgan fingerprint density at radius 2 is 1.86 bits per heavy atom. The van der Waals surface area contributed by atoms with Gasteiger partial charge >= 0.3 is 0 Å². The fraction of sp³-hybridized carbons (Fsp3) is 0.538. The first-order valence-electron chi connectivity index (χ1n) is 5.41. The largest absolute Gasteiger partial charge is 0.382 e. The van der Waals surface area contributed by atoms with E-state index in [0.29, 0.717) is 11.5 Å². The van der Waals surface area contributed by atoms with Gasteiger partial charge in [0.2, 0.25) is 0 Å². The van der Waals surface area contributed by atoms with Crippen LogP contribution in [0.4, 0.5) is 5.69 Å². The summed E-state index contributed by atoms with van der Waals surface area (Å²) in [7, 11) is 0. The van der Waals surface area contributed by atoms with Crippen molar-refractivity contribution in [2.24, 2.45) is 5.41 Å². The molecule has 0 aromatic heterocycles. The number of benzene rings is 1. The van der Waals surface area contributed by atoms with Gasteiger partial charge in [0.25, 0.3) is 0 Å². The summed E-state index contributed by atoms with van der Waals surface area (Å²) < 4.78 is 0. The molecule has 1 atom stereocenters. The first-order valence-corrected chi connectivity index (χ1v) is 5.41. The average molecular weight is 189 g/mol. The maximum atomic E-state index is 3.60. The number of anilines is 1. The van der Waals surface area contributed by atoms with Gasteiger partial charge in [-0.2, -0.15) is 0 Å². The monoisotopic (exact) mass is 189 g/mol. The van der Waals surface area contributed by atoms with Crippen LogP contribution in [0.15, 0.2) is 24.3 Å². The van der Waals surface area contributed by atoms with Gasteiger partial charge in [0.05, 0.1) is 0 Å². The lowest BCUT2D eigenvalue weighted by molar-refractivity contribution is 0.160. The van der Waals surface area contributed by atoms with E-state index < -0.39 is 0 Å². The van der Waals surface area contributed by atoms with E-state index in [9.17, 15) is 0 Å². The molecule has 1 nitrogen and oxygen atoms in total. The lowest BCUT2D eigenvalue weighted by atomic mass is 9.67. The van der Waals surface area contributed by atoms with Gasteiger partial charge in [-0.1, -0.05) is 31.5 Å². The van der Waals surface area contributed by atoms with Gasteiger partial charge in [-0.15, -0.1) is 0 Å². The summed E-state index contributed by atoms with van der Waals surface area (Å²) in [5.74, 6) is 0. The van der Waals surface area contributed by atoms with Crippen LogP contribution < -0.4 is 5.32 Å². The van der Waals surface area contributed by atoms with Gasteiger partial charge in [-0.05, 0) is 37.3 Å². The minimum Gasteiger partial charge on any atom is -0.382 e. The fourth-order valence-electron chi connectivity index (χ4n) is 1.98. The van der Waals surface area contributed by atoms with Crippen LogP contribution in [0.1, 0.15) is 32.3 Å². The SMILES string of the molecule is Cc1ccc(NC2CCC2(C)C)cc1. The molecule has 1 aliphatic carbocycles. The van der Waals surface area contributed by atoms with Crippen LogP contribution in [0.25, 0.3) is 0 Å². The smallest absolute Gasteiger partial charge is 0.0342 e. The number of hydrogen-bond donors (Lipinski definition) is 1. The normalized spacial score (nSPS) is 24.1. The topological polar surface area (TPSA) is 12.0 Å². The maximum Gasteiger partial charge on any atom is 0.0342 e. The highest BCUT2D eigenvalue weighted by Crippen LogP contribution is 2.41. The van der Waals surface area contributed by atoms with Crippen molar-refractivity contribution in [3.8, 4) is 0 Å². The average Bonchev–Trinajstić information content (AvgIpc) is 2.15. The fourth-order valence-corrected chi connectivity index (χ4v) is 1.98. The molecule has 1 saturated carbocycles. The highest BCUT2D eigenvalue weighted by molar-refractivity contribution is 5.46. The van der Waals surface area contributed by atoms with Crippen molar-refractivity contribution in [2.45, 2.75) is 39.7 Å². The Morgan fingerprint density at radius 3 is 2.29 bits per heavy atom. The Balaban J connectivity index is 2.01. The van der Waals surface area contributed by atoms with Crippen molar-refractivity contribution in [3.05, 3.63) is 29.8 Å². The molecule has 1 aromatic carbocycles. The van der Waals surface area contributed by atoms with Gasteiger partial charge in [-0.3, -0.25) is 0 Å². The van der Waals surface area contributed by atoms with Crippen LogP contribution in [-0.4, -0.2) is 6.04 Å². The zero-order valence-corrected chi connectivity index (χ0v) is 9.30. The predicted octanol–water partition coefficient (Wildman–Crippen LogP) is 3.60. The Hall–Kier alpha value is -0.980. The maximum absolute atomic E-state index is 3.60. The molecule has 0 spiro atoms. The second-order valence-electron chi connectivity index (χ2n) is 5.09. The Kier molecular flexibility index (Phi) is 2.26. The number of rotatable bonds is 2. The molecule has 0 bridgehead atoms. The van der Waals surface area contributed by atoms with Gasteiger partial charge in [0, 0.05) is 11.7 Å². The quantitative estimate of drug-likeness (QED) is 0.749. The molecular weight excluding hydrogens is 170 g/mol. The summed E-state index contributed by atoms with van der Waals surface area (Å²) in [5.41, 5.74) is 3.06. The number of aryl methyl sites for hydroxylation is 1. The summed E-state index contributed by atoms with van der Waals surface area (Å²) in [6.45, 7) is 6.79. The standard InChI is InChI=1S/C13H19N/c1-10-4-6-11(7-5-10)14-12-8-9-13(12,2)3/h4-7,12,14H,8-9H2,1-3H3. The molecule has 1 aromatic rings. The molecule has 1 heteroatoms. The van der Waals surface area contributed by atoms with Crippen LogP contribution in [0.2, 0.25) is 0 Å². The number of hydrogen-bond acceptors (Lipinski definition) is 1.